The zero-order valence-electron chi connectivity index (χ0n) is 9.07. The average Bonchev–Trinajstić information content (AvgIpc) is 2.05. The maximum Gasteiger partial charge on any atom is 0.245 e. The largest absolute Gasteiger partial charge is 0.384 e. The molecule has 1 amide bonds. The van der Waals surface area contributed by atoms with Crippen LogP contribution in [0, 0.1) is 0 Å². The minimum Gasteiger partial charge on any atom is -0.384 e. The number of rotatable bonds is 5. The molecular formula is C9H23N3O2. The van der Waals surface area contributed by atoms with Crippen LogP contribution in [0.2, 0.25) is 0 Å². The SMILES string of the molecule is CC(O)C(N)=O.CCCCCC(N)N. The standard InChI is InChI=1S/C6H16N2.C3H7NO2/c1-2-3-4-5-6(7)8;1-2(5)3(4)6/h6H,2-5,7-8H2,1H3;2,5H,1H3,(H2,4,6). The third-order valence-corrected chi connectivity index (χ3v) is 1.55. The van der Waals surface area contributed by atoms with E-state index in [9.17, 15) is 4.79 Å². The maximum atomic E-state index is 9.67. The van der Waals surface area contributed by atoms with E-state index >= 15 is 0 Å². The topological polar surface area (TPSA) is 115 Å². The van der Waals surface area contributed by atoms with E-state index in [4.69, 9.17) is 16.6 Å². The predicted octanol–water partition coefficient (Wildman–Crippen LogP) is -0.337. The van der Waals surface area contributed by atoms with Crippen molar-refractivity contribution in [3.8, 4) is 0 Å². The quantitative estimate of drug-likeness (QED) is 0.363. The molecule has 0 aliphatic rings. The molecule has 5 nitrogen and oxygen atoms in total. The lowest BCUT2D eigenvalue weighted by Gasteiger charge is -2.01. The molecule has 0 aromatic rings. The summed E-state index contributed by atoms with van der Waals surface area (Å²) in [4.78, 5) is 9.67. The minimum atomic E-state index is -1.01. The van der Waals surface area contributed by atoms with Crippen molar-refractivity contribution in [2.45, 2.75) is 51.8 Å². The number of aliphatic hydroxyl groups is 1. The van der Waals surface area contributed by atoms with Gasteiger partial charge in [-0.1, -0.05) is 26.2 Å². The molecule has 86 valence electrons. The molecule has 0 aromatic carbocycles. The van der Waals surface area contributed by atoms with Gasteiger partial charge in [-0.25, -0.2) is 0 Å². The summed E-state index contributed by atoms with van der Waals surface area (Å²) in [5.41, 5.74) is 15.2. The second-order valence-electron chi connectivity index (χ2n) is 3.24. The highest BCUT2D eigenvalue weighted by Crippen LogP contribution is 1.97. The molecule has 0 aliphatic heterocycles. The van der Waals surface area contributed by atoms with E-state index in [-0.39, 0.29) is 6.17 Å². The van der Waals surface area contributed by atoms with E-state index in [0.717, 1.165) is 6.42 Å². The van der Waals surface area contributed by atoms with Gasteiger partial charge in [0.25, 0.3) is 0 Å². The van der Waals surface area contributed by atoms with Crippen molar-refractivity contribution >= 4 is 5.91 Å². The number of unbranched alkanes of at least 4 members (excludes halogenated alkanes) is 2. The van der Waals surface area contributed by atoms with Crippen LogP contribution in [-0.4, -0.2) is 23.3 Å². The Morgan fingerprint density at radius 1 is 1.36 bits per heavy atom. The Balaban J connectivity index is 0. The smallest absolute Gasteiger partial charge is 0.245 e. The molecule has 0 spiro atoms. The maximum absolute atomic E-state index is 9.67. The highest BCUT2D eigenvalue weighted by Gasteiger charge is 1.98. The number of hydrogen-bond donors (Lipinski definition) is 4. The number of aliphatic hydroxyl groups excluding tert-OH is 1. The van der Waals surface area contributed by atoms with Crippen molar-refractivity contribution in [1.82, 2.24) is 0 Å². The Labute approximate surface area is 85.6 Å². The number of carbonyl (C=O) groups is 1. The summed E-state index contributed by atoms with van der Waals surface area (Å²) in [6.07, 6.45) is 3.53. The van der Waals surface area contributed by atoms with Gasteiger partial charge in [-0.3, -0.25) is 4.79 Å². The summed E-state index contributed by atoms with van der Waals surface area (Å²) in [6.45, 7) is 3.49. The summed E-state index contributed by atoms with van der Waals surface area (Å²) < 4.78 is 0. The molecule has 0 bridgehead atoms. The Bertz CT molecular complexity index is 138. The highest BCUT2D eigenvalue weighted by molar-refractivity contribution is 5.77. The summed E-state index contributed by atoms with van der Waals surface area (Å²) >= 11 is 0. The third-order valence-electron chi connectivity index (χ3n) is 1.55. The second-order valence-corrected chi connectivity index (χ2v) is 3.24. The van der Waals surface area contributed by atoms with Crippen LogP contribution < -0.4 is 17.2 Å². The van der Waals surface area contributed by atoms with Gasteiger partial charge < -0.3 is 22.3 Å². The summed E-state index contributed by atoms with van der Waals surface area (Å²) in [5, 5.41) is 8.16. The average molecular weight is 205 g/mol. The van der Waals surface area contributed by atoms with Crippen molar-refractivity contribution in [2.24, 2.45) is 17.2 Å². The van der Waals surface area contributed by atoms with Crippen LogP contribution in [0.25, 0.3) is 0 Å². The Morgan fingerprint density at radius 3 is 2.00 bits per heavy atom. The van der Waals surface area contributed by atoms with Crippen LogP contribution >= 0.6 is 0 Å². The molecule has 0 heterocycles. The third kappa shape index (κ3) is 17.4. The summed E-state index contributed by atoms with van der Waals surface area (Å²) in [5.74, 6) is -0.685. The van der Waals surface area contributed by atoms with Crippen LogP contribution in [0.5, 0.6) is 0 Å². The van der Waals surface area contributed by atoms with Crippen molar-refractivity contribution in [1.29, 1.82) is 0 Å². The molecule has 0 rings (SSSR count). The van der Waals surface area contributed by atoms with Gasteiger partial charge in [-0.2, -0.15) is 0 Å². The van der Waals surface area contributed by atoms with Crippen molar-refractivity contribution in [3.63, 3.8) is 0 Å². The molecule has 0 saturated heterocycles. The Kier molecular flexibility index (Phi) is 11.8. The first-order valence-corrected chi connectivity index (χ1v) is 4.90. The fraction of sp³-hybridized carbons (Fsp3) is 0.889. The zero-order chi connectivity index (χ0) is 11.6. The number of nitrogens with two attached hydrogens (primary N) is 3. The van der Waals surface area contributed by atoms with Gasteiger partial charge in [0.2, 0.25) is 5.91 Å². The lowest BCUT2D eigenvalue weighted by Crippen LogP contribution is -2.29. The Morgan fingerprint density at radius 2 is 1.79 bits per heavy atom. The van der Waals surface area contributed by atoms with Crippen molar-refractivity contribution in [2.75, 3.05) is 0 Å². The molecule has 7 N–H and O–H groups in total. The summed E-state index contributed by atoms with van der Waals surface area (Å²) in [6, 6.07) is 0. The first-order valence-electron chi connectivity index (χ1n) is 4.90. The van der Waals surface area contributed by atoms with Gasteiger partial charge in [0, 0.05) is 0 Å². The van der Waals surface area contributed by atoms with E-state index in [1.165, 1.54) is 26.2 Å². The lowest BCUT2D eigenvalue weighted by molar-refractivity contribution is -0.125. The van der Waals surface area contributed by atoms with Crippen LogP contribution in [-0.2, 0) is 4.79 Å². The molecule has 0 radical (unpaired) electrons. The van der Waals surface area contributed by atoms with Crippen LogP contribution in [0.15, 0.2) is 0 Å². The molecule has 1 unspecified atom stereocenters. The van der Waals surface area contributed by atoms with Gasteiger partial charge in [-0.15, -0.1) is 0 Å². The molecule has 0 fully saturated rings. The van der Waals surface area contributed by atoms with Gasteiger partial charge in [0.15, 0.2) is 0 Å². The molecule has 0 saturated carbocycles. The van der Waals surface area contributed by atoms with Crippen molar-refractivity contribution in [3.05, 3.63) is 0 Å². The van der Waals surface area contributed by atoms with E-state index < -0.39 is 12.0 Å². The van der Waals surface area contributed by atoms with Gasteiger partial charge in [0.05, 0.1) is 6.17 Å². The van der Waals surface area contributed by atoms with E-state index in [0.29, 0.717) is 0 Å². The number of primary amides is 1. The molecule has 14 heavy (non-hydrogen) atoms. The highest BCUT2D eigenvalue weighted by atomic mass is 16.3. The number of hydrogen-bond acceptors (Lipinski definition) is 4. The van der Waals surface area contributed by atoms with Gasteiger partial charge in [-0.05, 0) is 13.3 Å². The van der Waals surface area contributed by atoms with E-state index in [1.807, 2.05) is 0 Å². The number of amides is 1. The van der Waals surface area contributed by atoms with Crippen LogP contribution in [0.4, 0.5) is 0 Å². The molecule has 0 aliphatic carbocycles. The molecule has 0 aromatic heterocycles. The van der Waals surface area contributed by atoms with Crippen LogP contribution in [0.3, 0.4) is 0 Å². The lowest BCUT2D eigenvalue weighted by atomic mass is 10.2. The zero-order valence-corrected chi connectivity index (χ0v) is 9.07. The number of carbonyl (C=O) groups excluding carboxylic acids is 1. The Hall–Kier alpha value is -0.650. The molecule has 5 heteroatoms. The van der Waals surface area contributed by atoms with E-state index in [2.05, 4.69) is 12.7 Å². The fourth-order valence-electron chi connectivity index (χ4n) is 0.630. The first kappa shape index (κ1) is 15.8. The molecule has 1 atom stereocenters. The molecular weight excluding hydrogens is 182 g/mol. The van der Waals surface area contributed by atoms with E-state index in [1.54, 1.807) is 0 Å². The monoisotopic (exact) mass is 205 g/mol. The summed E-state index contributed by atoms with van der Waals surface area (Å²) in [7, 11) is 0. The van der Waals surface area contributed by atoms with Gasteiger partial charge in [0.1, 0.15) is 6.10 Å². The predicted molar refractivity (Wildman–Crippen MR) is 57.2 cm³/mol. The van der Waals surface area contributed by atoms with Gasteiger partial charge >= 0.3 is 0 Å². The normalized spacial score (nSPS) is 11.9. The minimum absolute atomic E-state index is 0.0958. The second kappa shape index (κ2) is 10.4. The van der Waals surface area contributed by atoms with Crippen molar-refractivity contribution < 1.29 is 9.90 Å². The van der Waals surface area contributed by atoms with Crippen LogP contribution in [0.1, 0.15) is 39.5 Å². The fourth-order valence-corrected chi connectivity index (χ4v) is 0.630. The first-order chi connectivity index (χ1) is 6.41.